The highest BCUT2D eigenvalue weighted by molar-refractivity contribution is 7.90. The molecule has 2 heterocycles. The molecule has 0 spiro atoms. The lowest BCUT2D eigenvalue weighted by atomic mass is 10.1. The number of sulfonamides is 1. The molecule has 24 heavy (non-hydrogen) atoms. The van der Waals surface area contributed by atoms with Gasteiger partial charge >= 0.3 is 0 Å². The molecule has 0 saturated heterocycles. The minimum atomic E-state index is -3.39. The quantitative estimate of drug-likeness (QED) is 0.819. The Balaban J connectivity index is 1.74. The van der Waals surface area contributed by atoms with E-state index in [4.69, 9.17) is 11.6 Å². The van der Waals surface area contributed by atoms with Crippen LogP contribution < -0.4 is 0 Å². The van der Waals surface area contributed by atoms with Gasteiger partial charge in [-0.2, -0.15) is 0 Å². The standard InChI is InChI=1S/C16H16ClN3O3S/c1-19(10-12-3-2-4-14(17)9-12)16(21)13-5-6-15-18-24(22,23)8-7-20(15)11-13/h2-6,9,11H,7-8,10H2,1H3. The van der Waals surface area contributed by atoms with Crippen molar-refractivity contribution >= 4 is 33.4 Å². The first-order chi connectivity index (χ1) is 11.3. The van der Waals surface area contributed by atoms with Crippen molar-refractivity contribution in [3.63, 3.8) is 0 Å². The van der Waals surface area contributed by atoms with Crippen molar-refractivity contribution < 1.29 is 13.2 Å². The van der Waals surface area contributed by atoms with E-state index in [9.17, 15) is 13.2 Å². The fraction of sp³-hybridized carbons (Fsp3) is 0.250. The van der Waals surface area contributed by atoms with Gasteiger partial charge in [-0.15, -0.1) is 4.40 Å². The summed E-state index contributed by atoms with van der Waals surface area (Å²) in [6.07, 6.45) is 4.79. The molecule has 0 atom stereocenters. The highest BCUT2D eigenvalue weighted by Crippen LogP contribution is 2.18. The van der Waals surface area contributed by atoms with Gasteiger partial charge in [-0.25, -0.2) is 8.42 Å². The molecule has 0 bridgehead atoms. The summed E-state index contributed by atoms with van der Waals surface area (Å²) in [5.41, 5.74) is 1.42. The van der Waals surface area contributed by atoms with Crippen LogP contribution in [0.4, 0.5) is 0 Å². The van der Waals surface area contributed by atoms with Gasteiger partial charge in [0, 0.05) is 31.4 Å². The number of carbonyl (C=O) groups excluding carboxylic acids is 1. The Hall–Kier alpha value is -2.12. The molecule has 2 aliphatic heterocycles. The molecule has 0 aliphatic carbocycles. The van der Waals surface area contributed by atoms with E-state index < -0.39 is 10.0 Å². The molecule has 3 rings (SSSR count). The van der Waals surface area contributed by atoms with Gasteiger partial charge in [-0.3, -0.25) is 4.79 Å². The van der Waals surface area contributed by atoms with Crippen LogP contribution in [0.3, 0.4) is 0 Å². The van der Waals surface area contributed by atoms with Crippen molar-refractivity contribution in [1.82, 2.24) is 9.80 Å². The minimum Gasteiger partial charge on any atom is -0.337 e. The first kappa shape index (κ1) is 16.7. The summed E-state index contributed by atoms with van der Waals surface area (Å²) < 4.78 is 26.7. The fourth-order valence-corrected chi connectivity index (χ4v) is 3.71. The predicted molar refractivity (Wildman–Crippen MR) is 93.1 cm³/mol. The Morgan fingerprint density at radius 1 is 1.38 bits per heavy atom. The molecule has 0 unspecified atom stereocenters. The van der Waals surface area contributed by atoms with Crippen LogP contribution in [0.15, 0.2) is 52.6 Å². The number of benzene rings is 1. The molecule has 2 aliphatic rings. The van der Waals surface area contributed by atoms with Crippen molar-refractivity contribution in [1.29, 1.82) is 0 Å². The summed E-state index contributed by atoms with van der Waals surface area (Å²) in [5, 5.41) is 0.625. The molecule has 0 aromatic heterocycles. The van der Waals surface area contributed by atoms with Crippen molar-refractivity contribution in [2.45, 2.75) is 6.54 Å². The maximum atomic E-state index is 12.6. The monoisotopic (exact) mass is 365 g/mol. The number of fused-ring (bicyclic) bond motifs is 1. The lowest BCUT2D eigenvalue weighted by Gasteiger charge is -2.28. The number of rotatable bonds is 3. The van der Waals surface area contributed by atoms with Crippen LogP contribution in [-0.4, -0.2) is 49.3 Å². The highest BCUT2D eigenvalue weighted by atomic mass is 35.5. The third kappa shape index (κ3) is 3.68. The average molecular weight is 366 g/mol. The van der Waals surface area contributed by atoms with Crippen molar-refractivity contribution in [3.05, 3.63) is 58.8 Å². The van der Waals surface area contributed by atoms with Gasteiger partial charge in [0.25, 0.3) is 15.9 Å². The molecule has 126 valence electrons. The molecule has 0 N–H and O–H groups in total. The zero-order chi connectivity index (χ0) is 17.3. The van der Waals surface area contributed by atoms with E-state index in [0.29, 0.717) is 29.5 Å². The number of carbonyl (C=O) groups is 1. The van der Waals surface area contributed by atoms with Crippen LogP contribution >= 0.6 is 11.6 Å². The van der Waals surface area contributed by atoms with Crippen LogP contribution in [0.25, 0.3) is 0 Å². The Kier molecular flexibility index (Phi) is 4.47. The van der Waals surface area contributed by atoms with Gasteiger partial charge in [-0.1, -0.05) is 23.7 Å². The molecule has 1 amide bonds. The Morgan fingerprint density at radius 2 is 2.17 bits per heavy atom. The number of hydrogen-bond acceptors (Lipinski definition) is 4. The number of hydrogen-bond donors (Lipinski definition) is 0. The summed E-state index contributed by atoms with van der Waals surface area (Å²) >= 11 is 5.96. The number of amidine groups is 1. The second kappa shape index (κ2) is 6.41. The van der Waals surface area contributed by atoms with E-state index >= 15 is 0 Å². The molecule has 1 aromatic carbocycles. The molecular formula is C16H16ClN3O3S. The van der Waals surface area contributed by atoms with Gasteiger partial charge < -0.3 is 9.80 Å². The number of amides is 1. The van der Waals surface area contributed by atoms with Crippen LogP contribution in [-0.2, 0) is 21.4 Å². The number of nitrogens with zero attached hydrogens (tertiary/aromatic N) is 3. The van der Waals surface area contributed by atoms with Gasteiger partial charge in [0.15, 0.2) is 0 Å². The summed E-state index contributed by atoms with van der Waals surface area (Å²) in [6, 6.07) is 7.34. The average Bonchev–Trinajstić information content (AvgIpc) is 2.53. The molecule has 6 nitrogen and oxygen atoms in total. The van der Waals surface area contributed by atoms with E-state index in [2.05, 4.69) is 4.40 Å². The van der Waals surface area contributed by atoms with E-state index in [1.165, 1.54) is 0 Å². The highest BCUT2D eigenvalue weighted by Gasteiger charge is 2.25. The maximum absolute atomic E-state index is 12.6. The third-order valence-corrected chi connectivity index (χ3v) is 5.13. The largest absolute Gasteiger partial charge is 0.337 e. The lowest BCUT2D eigenvalue weighted by molar-refractivity contribution is -0.126. The Bertz CT molecular complexity index is 874. The summed E-state index contributed by atoms with van der Waals surface area (Å²) in [4.78, 5) is 15.8. The SMILES string of the molecule is CN(Cc1cccc(Cl)c1)C(=O)C1=CN2CCS(=O)(=O)N=C2C=C1. The molecule has 0 saturated carbocycles. The van der Waals surface area contributed by atoms with Crippen LogP contribution in [0.5, 0.6) is 0 Å². The second-order valence-corrected chi connectivity index (χ2v) is 7.83. The van der Waals surface area contributed by atoms with Gasteiger partial charge in [0.05, 0.1) is 11.3 Å². The van der Waals surface area contributed by atoms with Gasteiger partial charge in [0.1, 0.15) is 5.84 Å². The summed E-state index contributed by atoms with van der Waals surface area (Å²) in [7, 11) is -1.68. The first-order valence-electron chi connectivity index (χ1n) is 7.33. The van der Waals surface area contributed by atoms with Gasteiger partial charge in [-0.05, 0) is 29.8 Å². The van der Waals surface area contributed by atoms with Crippen molar-refractivity contribution in [2.24, 2.45) is 4.40 Å². The smallest absolute Gasteiger partial charge is 0.256 e. The molecule has 0 fully saturated rings. The molecule has 0 radical (unpaired) electrons. The first-order valence-corrected chi connectivity index (χ1v) is 9.32. The molecular weight excluding hydrogens is 350 g/mol. The molecule has 8 heteroatoms. The van der Waals surface area contributed by atoms with Crippen LogP contribution in [0, 0.1) is 0 Å². The predicted octanol–water partition coefficient (Wildman–Crippen LogP) is 1.80. The van der Waals surface area contributed by atoms with E-state index in [1.54, 1.807) is 41.3 Å². The Morgan fingerprint density at radius 3 is 2.92 bits per heavy atom. The topological polar surface area (TPSA) is 70.1 Å². The van der Waals surface area contributed by atoms with Gasteiger partial charge in [0.2, 0.25) is 0 Å². The summed E-state index contributed by atoms with van der Waals surface area (Å²) in [5.74, 6) is 0.134. The maximum Gasteiger partial charge on any atom is 0.256 e. The number of likely N-dealkylation sites (N-methyl/N-ethyl adjacent to an activating group) is 1. The van der Waals surface area contributed by atoms with E-state index in [0.717, 1.165) is 5.56 Å². The van der Waals surface area contributed by atoms with E-state index in [1.807, 2.05) is 18.2 Å². The minimum absolute atomic E-state index is 0.0549. The summed E-state index contributed by atoms with van der Waals surface area (Å²) in [6.45, 7) is 0.722. The second-order valence-electron chi connectivity index (χ2n) is 5.64. The molecule has 1 aromatic rings. The van der Waals surface area contributed by atoms with Crippen molar-refractivity contribution in [2.75, 3.05) is 19.3 Å². The van der Waals surface area contributed by atoms with Crippen LogP contribution in [0.1, 0.15) is 5.56 Å². The van der Waals surface area contributed by atoms with Crippen LogP contribution in [0.2, 0.25) is 5.02 Å². The number of halogens is 1. The van der Waals surface area contributed by atoms with Crippen molar-refractivity contribution in [3.8, 4) is 0 Å². The Labute approximate surface area is 145 Å². The van der Waals surface area contributed by atoms with E-state index in [-0.39, 0.29) is 11.7 Å². The third-order valence-electron chi connectivity index (χ3n) is 3.73. The zero-order valence-electron chi connectivity index (χ0n) is 13.0. The zero-order valence-corrected chi connectivity index (χ0v) is 14.6. The lowest BCUT2D eigenvalue weighted by Crippen LogP contribution is -2.38. The fourth-order valence-electron chi connectivity index (χ4n) is 2.53. The normalized spacial score (nSPS) is 18.5.